The van der Waals surface area contributed by atoms with Gasteiger partial charge in [0.15, 0.2) is 12.7 Å². The lowest BCUT2D eigenvalue weighted by atomic mass is 10.2. The quantitative estimate of drug-likeness (QED) is 0.698. The zero-order valence-electron chi connectivity index (χ0n) is 15.2. The minimum Gasteiger partial charge on any atom is -0.477 e. The van der Waals surface area contributed by atoms with Crippen LogP contribution in [0, 0.1) is 0 Å². The van der Waals surface area contributed by atoms with E-state index in [0.29, 0.717) is 16.5 Å². The Bertz CT molecular complexity index is 810. The molecule has 0 spiro atoms. The number of nitrogens with zero attached hydrogens (tertiary/aromatic N) is 1. The third kappa shape index (κ3) is 6.34. The molecule has 0 aliphatic heterocycles. The third-order valence-electron chi connectivity index (χ3n) is 3.54. The highest BCUT2D eigenvalue weighted by Gasteiger charge is 2.19. The molecule has 0 radical (unpaired) electrons. The van der Waals surface area contributed by atoms with E-state index in [1.165, 1.54) is 13.0 Å². The number of esters is 1. The van der Waals surface area contributed by atoms with E-state index < -0.39 is 24.6 Å². The number of ether oxygens (including phenoxy) is 2. The summed E-state index contributed by atoms with van der Waals surface area (Å²) in [5.41, 5.74) is 1.62. The topological polar surface area (TPSA) is 67.9 Å². The fraction of sp³-hybridized carbons (Fsp3) is 0.263. The fourth-order valence-electron chi connectivity index (χ4n) is 2.10. The van der Waals surface area contributed by atoms with E-state index in [1.807, 2.05) is 31.1 Å². The second-order valence-corrected chi connectivity index (χ2v) is 6.78. The van der Waals surface area contributed by atoms with Gasteiger partial charge in [-0.3, -0.25) is 4.79 Å². The number of amides is 1. The highest BCUT2D eigenvalue weighted by atomic mass is 35.5. The molecule has 0 aliphatic rings. The molecule has 144 valence electrons. The zero-order chi connectivity index (χ0) is 20.0. The van der Waals surface area contributed by atoms with Crippen molar-refractivity contribution in [1.29, 1.82) is 0 Å². The Hall–Kier alpha value is -2.44. The van der Waals surface area contributed by atoms with Gasteiger partial charge in [-0.05, 0) is 49.4 Å². The van der Waals surface area contributed by atoms with Crippen molar-refractivity contribution in [3.05, 3.63) is 52.5 Å². The van der Waals surface area contributed by atoms with Gasteiger partial charge in [-0.25, -0.2) is 4.79 Å². The Morgan fingerprint density at radius 3 is 2.37 bits per heavy atom. The zero-order valence-corrected chi connectivity index (χ0v) is 16.7. The Morgan fingerprint density at radius 1 is 1.11 bits per heavy atom. The molecule has 6 nitrogen and oxygen atoms in total. The molecule has 8 heteroatoms. The Morgan fingerprint density at radius 2 is 1.78 bits per heavy atom. The lowest BCUT2D eigenvalue weighted by Crippen LogP contribution is -2.29. The van der Waals surface area contributed by atoms with Crippen LogP contribution in [0.5, 0.6) is 5.75 Å². The number of rotatable bonds is 7. The Kier molecular flexibility index (Phi) is 7.33. The van der Waals surface area contributed by atoms with Gasteiger partial charge in [0.05, 0.1) is 5.02 Å². The molecule has 27 heavy (non-hydrogen) atoms. The maximum Gasteiger partial charge on any atom is 0.347 e. The van der Waals surface area contributed by atoms with Gasteiger partial charge in [-0.15, -0.1) is 0 Å². The minimum atomic E-state index is -0.934. The van der Waals surface area contributed by atoms with E-state index in [4.69, 9.17) is 32.7 Å². The molecule has 2 aromatic carbocycles. The van der Waals surface area contributed by atoms with E-state index in [0.717, 1.165) is 5.69 Å². The maximum absolute atomic E-state index is 12.0. The molecule has 1 N–H and O–H groups in total. The third-order valence-corrected chi connectivity index (χ3v) is 4.07. The van der Waals surface area contributed by atoms with Crippen LogP contribution >= 0.6 is 23.2 Å². The van der Waals surface area contributed by atoms with Gasteiger partial charge in [0.1, 0.15) is 5.75 Å². The van der Waals surface area contributed by atoms with Crippen molar-refractivity contribution in [3.8, 4) is 5.75 Å². The van der Waals surface area contributed by atoms with Crippen molar-refractivity contribution in [3.63, 3.8) is 0 Å². The number of carbonyl (C=O) groups is 2. The molecule has 0 unspecified atom stereocenters. The number of anilines is 2. The largest absolute Gasteiger partial charge is 0.477 e. The normalized spacial score (nSPS) is 11.4. The summed E-state index contributed by atoms with van der Waals surface area (Å²) in [6.07, 6.45) is -0.934. The van der Waals surface area contributed by atoms with Crippen LogP contribution in [-0.4, -0.2) is 38.7 Å². The highest BCUT2D eigenvalue weighted by Crippen LogP contribution is 2.28. The second-order valence-electron chi connectivity index (χ2n) is 5.93. The average Bonchev–Trinajstić information content (AvgIpc) is 2.62. The summed E-state index contributed by atoms with van der Waals surface area (Å²) < 4.78 is 10.4. The summed E-state index contributed by atoms with van der Waals surface area (Å²) in [4.78, 5) is 25.9. The van der Waals surface area contributed by atoms with Gasteiger partial charge in [0.25, 0.3) is 5.91 Å². The molecule has 0 saturated heterocycles. The first kappa shape index (κ1) is 20.9. The van der Waals surface area contributed by atoms with E-state index in [1.54, 1.807) is 24.3 Å². The second kappa shape index (κ2) is 9.48. The predicted molar refractivity (Wildman–Crippen MR) is 107 cm³/mol. The molecular weight excluding hydrogens is 391 g/mol. The predicted octanol–water partition coefficient (Wildman–Crippen LogP) is 4.01. The van der Waals surface area contributed by atoms with Gasteiger partial charge in [-0.2, -0.15) is 0 Å². The smallest absolute Gasteiger partial charge is 0.347 e. The minimum absolute atomic E-state index is 0.279. The first-order valence-corrected chi connectivity index (χ1v) is 8.87. The molecule has 0 heterocycles. The van der Waals surface area contributed by atoms with Crippen molar-refractivity contribution >= 4 is 46.5 Å². The molecule has 0 fully saturated rings. The van der Waals surface area contributed by atoms with Crippen LogP contribution in [0.15, 0.2) is 42.5 Å². The lowest BCUT2D eigenvalue weighted by molar-refractivity contribution is -0.153. The lowest BCUT2D eigenvalue weighted by Gasteiger charge is -2.15. The molecule has 0 saturated carbocycles. The summed E-state index contributed by atoms with van der Waals surface area (Å²) >= 11 is 11.8. The fourth-order valence-corrected chi connectivity index (χ4v) is 2.56. The van der Waals surface area contributed by atoms with Crippen LogP contribution in [0.1, 0.15) is 6.92 Å². The Balaban J connectivity index is 1.82. The van der Waals surface area contributed by atoms with Crippen LogP contribution in [-0.2, 0) is 14.3 Å². The molecule has 2 aromatic rings. The number of halogens is 2. The molecule has 2 rings (SSSR count). The molecule has 1 amide bonds. The number of nitrogens with one attached hydrogen (secondary N) is 1. The summed E-state index contributed by atoms with van der Waals surface area (Å²) in [5, 5.41) is 3.39. The number of benzene rings is 2. The molecule has 0 aliphatic carbocycles. The number of carbonyl (C=O) groups excluding carboxylic acids is 2. The van der Waals surface area contributed by atoms with Crippen molar-refractivity contribution in [1.82, 2.24) is 0 Å². The number of hydrogen-bond donors (Lipinski definition) is 1. The number of hydrogen-bond acceptors (Lipinski definition) is 5. The molecule has 1 atom stereocenters. The first-order chi connectivity index (χ1) is 12.8. The summed E-state index contributed by atoms with van der Waals surface area (Å²) in [7, 11) is 3.85. The van der Waals surface area contributed by atoms with Gasteiger partial charge < -0.3 is 19.7 Å². The van der Waals surface area contributed by atoms with E-state index in [9.17, 15) is 9.59 Å². The molecule has 0 bridgehead atoms. The van der Waals surface area contributed by atoms with Gasteiger partial charge in [0.2, 0.25) is 0 Å². The maximum atomic E-state index is 12.0. The summed E-state index contributed by atoms with van der Waals surface area (Å²) in [5.74, 6) is -0.826. The van der Waals surface area contributed by atoms with Crippen LogP contribution in [0.2, 0.25) is 10.0 Å². The SMILES string of the molecule is C[C@@H](Oc1ccc(Cl)cc1Cl)C(=O)OCC(=O)Nc1ccc(N(C)C)cc1. The molecule has 0 aromatic heterocycles. The van der Waals surface area contributed by atoms with Gasteiger partial charge >= 0.3 is 5.97 Å². The monoisotopic (exact) mass is 410 g/mol. The van der Waals surface area contributed by atoms with E-state index in [2.05, 4.69) is 5.32 Å². The van der Waals surface area contributed by atoms with Crippen LogP contribution in [0.3, 0.4) is 0 Å². The van der Waals surface area contributed by atoms with Crippen molar-refractivity contribution in [2.24, 2.45) is 0 Å². The van der Waals surface area contributed by atoms with E-state index in [-0.39, 0.29) is 5.02 Å². The average molecular weight is 411 g/mol. The van der Waals surface area contributed by atoms with Crippen molar-refractivity contribution in [2.75, 3.05) is 30.9 Å². The summed E-state index contributed by atoms with van der Waals surface area (Å²) in [6, 6.07) is 11.9. The van der Waals surface area contributed by atoms with Crippen LogP contribution in [0.25, 0.3) is 0 Å². The molecular formula is C19H20Cl2N2O4. The first-order valence-electron chi connectivity index (χ1n) is 8.12. The van der Waals surface area contributed by atoms with Crippen LogP contribution < -0.4 is 15.0 Å². The van der Waals surface area contributed by atoms with Crippen LogP contribution in [0.4, 0.5) is 11.4 Å². The highest BCUT2D eigenvalue weighted by molar-refractivity contribution is 6.35. The van der Waals surface area contributed by atoms with Crippen molar-refractivity contribution in [2.45, 2.75) is 13.0 Å². The van der Waals surface area contributed by atoms with Gasteiger partial charge in [0, 0.05) is 30.5 Å². The Labute approximate surface area is 168 Å². The van der Waals surface area contributed by atoms with Gasteiger partial charge in [-0.1, -0.05) is 23.2 Å². The standard InChI is InChI=1S/C19H20Cl2N2O4/c1-12(27-17-9-4-13(20)10-16(17)21)19(25)26-11-18(24)22-14-5-7-15(8-6-14)23(2)3/h4-10,12H,11H2,1-3H3,(H,22,24)/t12-/m1/s1. The van der Waals surface area contributed by atoms with Crippen molar-refractivity contribution < 1.29 is 19.1 Å². The summed E-state index contributed by atoms with van der Waals surface area (Å²) in [6.45, 7) is 1.08. The van der Waals surface area contributed by atoms with E-state index >= 15 is 0 Å².